The Hall–Kier alpha value is -1.39. The fourth-order valence-corrected chi connectivity index (χ4v) is 3.18. The summed E-state index contributed by atoms with van der Waals surface area (Å²) in [4.78, 5) is 16.2. The minimum Gasteiger partial charge on any atom is -0.480 e. The average molecular weight is 304 g/mol. The number of carbonyl (C=O) groups is 1. The van der Waals surface area contributed by atoms with E-state index < -0.39 is 12.0 Å². The molecule has 0 spiro atoms. The van der Waals surface area contributed by atoms with Crippen molar-refractivity contribution in [3.05, 3.63) is 35.4 Å². The van der Waals surface area contributed by atoms with Gasteiger partial charge in [-0.15, -0.1) is 0 Å². The van der Waals surface area contributed by atoms with E-state index in [2.05, 4.69) is 56.7 Å². The van der Waals surface area contributed by atoms with Crippen molar-refractivity contribution in [1.82, 2.24) is 9.80 Å². The third-order valence-electron chi connectivity index (χ3n) is 4.54. The zero-order valence-electron chi connectivity index (χ0n) is 14.3. The van der Waals surface area contributed by atoms with Gasteiger partial charge in [0.2, 0.25) is 0 Å². The molecule has 4 heteroatoms. The van der Waals surface area contributed by atoms with E-state index in [-0.39, 0.29) is 11.5 Å². The Kier molecular flexibility index (Phi) is 4.93. The third kappa shape index (κ3) is 3.68. The SMILES string of the molecule is CC1CN(C)CCN1C(C(=O)O)c1ccc(C(C)(C)C)cc1. The summed E-state index contributed by atoms with van der Waals surface area (Å²) < 4.78 is 0. The lowest BCUT2D eigenvalue weighted by Gasteiger charge is -2.41. The van der Waals surface area contributed by atoms with Crippen molar-refractivity contribution in [2.75, 3.05) is 26.7 Å². The van der Waals surface area contributed by atoms with Gasteiger partial charge in [-0.25, -0.2) is 0 Å². The highest BCUT2D eigenvalue weighted by Gasteiger charge is 2.33. The highest BCUT2D eigenvalue weighted by atomic mass is 16.4. The summed E-state index contributed by atoms with van der Waals surface area (Å²) in [6.07, 6.45) is 0. The molecule has 1 aromatic carbocycles. The van der Waals surface area contributed by atoms with Crippen LogP contribution in [0.15, 0.2) is 24.3 Å². The van der Waals surface area contributed by atoms with E-state index in [4.69, 9.17) is 0 Å². The van der Waals surface area contributed by atoms with Crippen molar-refractivity contribution in [3.8, 4) is 0 Å². The quantitative estimate of drug-likeness (QED) is 0.932. The molecule has 0 aliphatic carbocycles. The summed E-state index contributed by atoms with van der Waals surface area (Å²) in [6.45, 7) is 11.2. The van der Waals surface area contributed by atoms with Crippen LogP contribution >= 0.6 is 0 Å². The molecule has 4 nitrogen and oxygen atoms in total. The topological polar surface area (TPSA) is 43.8 Å². The van der Waals surface area contributed by atoms with Crippen molar-refractivity contribution < 1.29 is 9.90 Å². The van der Waals surface area contributed by atoms with Crippen molar-refractivity contribution in [1.29, 1.82) is 0 Å². The first-order chi connectivity index (χ1) is 10.2. The van der Waals surface area contributed by atoms with Crippen LogP contribution in [-0.4, -0.2) is 53.6 Å². The maximum absolute atomic E-state index is 11.9. The van der Waals surface area contributed by atoms with E-state index in [0.29, 0.717) is 0 Å². The molecule has 0 aromatic heterocycles. The predicted octanol–water partition coefficient (Wildman–Crippen LogP) is 2.75. The monoisotopic (exact) mass is 304 g/mol. The summed E-state index contributed by atoms with van der Waals surface area (Å²) in [5.41, 5.74) is 2.18. The van der Waals surface area contributed by atoms with Crippen LogP contribution in [0.3, 0.4) is 0 Å². The van der Waals surface area contributed by atoms with Crippen LogP contribution in [0.25, 0.3) is 0 Å². The molecule has 2 atom stereocenters. The number of nitrogens with zero attached hydrogens (tertiary/aromatic N) is 2. The van der Waals surface area contributed by atoms with Gasteiger partial charge in [0, 0.05) is 25.7 Å². The van der Waals surface area contributed by atoms with Crippen LogP contribution in [0.1, 0.15) is 44.9 Å². The van der Waals surface area contributed by atoms with Crippen LogP contribution in [0.4, 0.5) is 0 Å². The number of carboxylic acids is 1. The number of likely N-dealkylation sites (N-methyl/N-ethyl adjacent to an activating group) is 1. The second kappa shape index (κ2) is 6.39. The minimum absolute atomic E-state index is 0.0817. The summed E-state index contributed by atoms with van der Waals surface area (Å²) in [5, 5.41) is 9.74. The van der Waals surface area contributed by atoms with Crippen molar-refractivity contribution in [3.63, 3.8) is 0 Å². The van der Waals surface area contributed by atoms with E-state index in [9.17, 15) is 9.90 Å². The Balaban J connectivity index is 2.27. The highest BCUT2D eigenvalue weighted by Crippen LogP contribution is 2.28. The number of hydrogen-bond donors (Lipinski definition) is 1. The number of hydrogen-bond acceptors (Lipinski definition) is 3. The van der Waals surface area contributed by atoms with Crippen LogP contribution in [-0.2, 0) is 10.2 Å². The van der Waals surface area contributed by atoms with E-state index >= 15 is 0 Å². The summed E-state index contributed by atoms with van der Waals surface area (Å²) in [5.74, 6) is -0.764. The molecule has 1 aliphatic rings. The number of piperazine rings is 1. The molecule has 1 fully saturated rings. The standard InChI is InChI=1S/C18H28N2O2/c1-13-12-19(5)10-11-20(13)16(17(21)22)14-6-8-15(9-7-14)18(2,3)4/h6-9,13,16H,10-12H2,1-5H3,(H,21,22). The van der Waals surface area contributed by atoms with Crippen molar-refractivity contribution in [2.24, 2.45) is 0 Å². The second-order valence-electron chi connectivity index (χ2n) is 7.46. The molecule has 0 radical (unpaired) electrons. The molecule has 0 bridgehead atoms. The molecular formula is C18H28N2O2. The predicted molar refractivity (Wildman–Crippen MR) is 89.2 cm³/mol. The Morgan fingerprint density at radius 1 is 1.23 bits per heavy atom. The van der Waals surface area contributed by atoms with Crippen molar-refractivity contribution in [2.45, 2.75) is 45.2 Å². The van der Waals surface area contributed by atoms with Crippen molar-refractivity contribution >= 4 is 5.97 Å². The molecule has 2 unspecified atom stereocenters. The smallest absolute Gasteiger partial charge is 0.325 e. The molecule has 1 heterocycles. The first-order valence-electron chi connectivity index (χ1n) is 7.97. The van der Waals surface area contributed by atoms with Gasteiger partial charge < -0.3 is 10.0 Å². The Morgan fingerprint density at radius 2 is 1.82 bits per heavy atom. The molecule has 1 aromatic rings. The molecule has 1 N–H and O–H groups in total. The molecule has 22 heavy (non-hydrogen) atoms. The minimum atomic E-state index is -0.764. The molecule has 1 aliphatic heterocycles. The van der Waals surface area contributed by atoms with Gasteiger partial charge in [0.25, 0.3) is 0 Å². The average Bonchev–Trinajstić information content (AvgIpc) is 2.41. The van der Waals surface area contributed by atoms with Gasteiger partial charge in [-0.2, -0.15) is 0 Å². The Labute approximate surface area is 133 Å². The summed E-state index contributed by atoms with van der Waals surface area (Å²) in [6, 6.07) is 7.76. The number of carboxylic acid groups (broad SMARTS) is 1. The molecule has 122 valence electrons. The fraction of sp³-hybridized carbons (Fsp3) is 0.611. The normalized spacial score (nSPS) is 22.5. The van der Waals surface area contributed by atoms with Gasteiger partial charge in [0.15, 0.2) is 0 Å². The van der Waals surface area contributed by atoms with E-state index in [1.165, 1.54) is 5.56 Å². The van der Waals surface area contributed by atoms with E-state index in [1.54, 1.807) is 0 Å². The van der Waals surface area contributed by atoms with E-state index in [1.807, 2.05) is 12.1 Å². The second-order valence-corrected chi connectivity index (χ2v) is 7.46. The zero-order valence-corrected chi connectivity index (χ0v) is 14.3. The number of aliphatic carboxylic acids is 1. The van der Waals surface area contributed by atoms with Crippen LogP contribution in [0, 0.1) is 0 Å². The molecular weight excluding hydrogens is 276 g/mol. The van der Waals surface area contributed by atoms with Gasteiger partial charge in [-0.3, -0.25) is 9.69 Å². The van der Waals surface area contributed by atoms with Crippen LogP contribution in [0.2, 0.25) is 0 Å². The first kappa shape index (κ1) is 17.0. The van der Waals surface area contributed by atoms with E-state index in [0.717, 1.165) is 25.2 Å². The summed E-state index contributed by atoms with van der Waals surface area (Å²) >= 11 is 0. The van der Waals surface area contributed by atoms with Gasteiger partial charge in [0.1, 0.15) is 6.04 Å². The van der Waals surface area contributed by atoms with Gasteiger partial charge >= 0.3 is 5.97 Å². The number of benzene rings is 1. The lowest BCUT2D eigenvalue weighted by atomic mass is 9.86. The fourth-order valence-electron chi connectivity index (χ4n) is 3.18. The van der Waals surface area contributed by atoms with Gasteiger partial charge in [-0.05, 0) is 30.5 Å². The zero-order chi connectivity index (χ0) is 16.5. The Morgan fingerprint density at radius 3 is 2.27 bits per heavy atom. The lowest BCUT2D eigenvalue weighted by Crippen LogP contribution is -2.53. The van der Waals surface area contributed by atoms with Crippen LogP contribution < -0.4 is 0 Å². The largest absolute Gasteiger partial charge is 0.480 e. The number of rotatable bonds is 3. The third-order valence-corrected chi connectivity index (χ3v) is 4.54. The molecule has 0 amide bonds. The highest BCUT2D eigenvalue weighted by molar-refractivity contribution is 5.75. The maximum Gasteiger partial charge on any atom is 0.325 e. The lowest BCUT2D eigenvalue weighted by molar-refractivity contribution is -0.145. The maximum atomic E-state index is 11.9. The molecule has 1 saturated heterocycles. The summed E-state index contributed by atoms with van der Waals surface area (Å²) in [7, 11) is 2.09. The van der Waals surface area contributed by atoms with Crippen LogP contribution in [0.5, 0.6) is 0 Å². The van der Waals surface area contributed by atoms with Gasteiger partial charge in [0.05, 0.1) is 0 Å². The molecule has 0 saturated carbocycles. The Bertz CT molecular complexity index is 519. The molecule has 2 rings (SSSR count). The first-order valence-corrected chi connectivity index (χ1v) is 7.97. The van der Waals surface area contributed by atoms with Gasteiger partial charge in [-0.1, -0.05) is 45.0 Å².